The van der Waals surface area contributed by atoms with Crippen molar-refractivity contribution in [2.75, 3.05) is 0 Å². The first kappa shape index (κ1) is 20.0. The van der Waals surface area contributed by atoms with E-state index >= 15 is 0 Å². The predicted octanol–water partition coefficient (Wildman–Crippen LogP) is 4.97. The smallest absolute Gasteiger partial charge is 0.225 e. The van der Waals surface area contributed by atoms with E-state index in [4.69, 9.17) is 5.14 Å². The van der Waals surface area contributed by atoms with E-state index in [1.165, 1.54) is 30.3 Å². The maximum Gasteiger partial charge on any atom is 0.422 e. The Morgan fingerprint density at radius 3 is 1.64 bits per heavy atom. The number of hydrogen-bond acceptors (Lipinski definition) is 2. The van der Waals surface area contributed by atoms with E-state index in [0.717, 1.165) is 0 Å². The van der Waals surface area contributed by atoms with Crippen LogP contribution in [0.25, 0.3) is 22.3 Å². The number of primary sulfonamides is 1. The fraction of sp³-hybridized carbons (Fsp3) is 0.0526. The van der Waals surface area contributed by atoms with Gasteiger partial charge in [-0.3, -0.25) is 0 Å². The Bertz CT molecular complexity index is 1120. The fourth-order valence-electron chi connectivity index (χ4n) is 2.81. The van der Waals surface area contributed by atoms with Crippen LogP contribution in [0.2, 0.25) is 0 Å². The molecule has 3 rings (SSSR count). The van der Waals surface area contributed by atoms with E-state index in [2.05, 4.69) is 0 Å². The number of halogens is 5. The van der Waals surface area contributed by atoms with Gasteiger partial charge in [-0.2, -0.15) is 13.2 Å². The van der Waals surface area contributed by atoms with Crippen molar-refractivity contribution in [1.29, 1.82) is 0 Å². The summed E-state index contributed by atoms with van der Waals surface area (Å²) in [5.41, 5.74) is -0.830. The van der Waals surface area contributed by atoms with Crippen LogP contribution in [0.3, 0.4) is 0 Å². The summed E-state index contributed by atoms with van der Waals surface area (Å²) >= 11 is 0. The van der Waals surface area contributed by atoms with Gasteiger partial charge in [0.15, 0.2) is 0 Å². The molecule has 0 aliphatic heterocycles. The second-order valence-electron chi connectivity index (χ2n) is 5.93. The minimum atomic E-state index is -5.16. The molecule has 0 aliphatic rings. The number of hydrogen-bond donors (Lipinski definition) is 1. The van der Waals surface area contributed by atoms with E-state index in [9.17, 15) is 30.4 Å². The van der Waals surface area contributed by atoms with E-state index in [1.807, 2.05) is 0 Å². The largest absolute Gasteiger partial charge is 0.422 e. The normalized spacial score (nSPS) is 12.2. The van der Waals surface area contributed by atoms with Gasteiger partial charge in [0.05, 0.1) is 4.90 Å². The van der Waals surface area contributed by atoms with E-state index < -0.39 is 33.4 Å². The molecule has 0 bridgehead atoms. The predicted molar refractivity (Wildman–Crippen MR) is 93.6 cm³/mol. The maximum absolute atomic E-state index is 14.0. The highest BCUT2D eigenvalue weighted by Crippen LogP contribution is 2.38. The van der Waals surface area contributed by atoms with Gasteiger partial charge < -0.3 is 0 Å². The van der Waals surface area contributed by atoms with Crippen LogP contribution >= 0.6 is 0 Å². The fourth-order valence-corrected chi connectivity index (χ4v) is 3.33. The zero-order valence-electron chi connectivity index (χ0n) is 14.0. The van der Waals surface area contributed by atoms with Crippen LogP contribution in [0.5, 0.6) is 0 Å². The summed E-state index contributed by atoms with van der Waals surface area (Å²) in [6.07, 6.45) is -5.16. The Morgan fingerprint density at radius 1 is 0.750 bits per heavy atom. The lowest BCUT2D eigenvalue weighted by Crippen LogP contribution is -2.11. The Balaban J connectivity index is 2.14. The minimum Gasteiger partial charge on any atom is -0.225 e. The van der Waals surface area contributed by atoms with Crippen LogP contribution in [0, 0.1) is 11.6 Å². The first-order chi connectivity index (χ1) is 13.0. The molecule has 0 aliphatic carbocycles. The first-order valence-corrected chi connectivity index (χ1v) is 9.32. The molecule has 2 N–H and O–H groups in total. The topological polar surface area (TPSA) is 60.2 Å². The van der Waals surface area contributed by atoms with Crippen molar-refractivity contribution in [3.63, 3.8) is 0 Å². The standard InChI is InChI=1S/C19H12F5NO2S/c20-16-9-12(10-17(21)18(16)19(22,23)24)15-4-2-1-3-14(15)11-5-7-13(8-6-11)28(25,26)27/h1-10H,(H2,25,26,27). The number of benzene rings is 3. The molecule has 9 heteroatoms. The summed E-state index contributed by atoms with van der Waals surface area (Å²) in [5, 5.41) is 5.05. The van der Waals surface area contributed by atoms with Crippen LogP contribution in [0.1, 0.15) is 5.56 Å². The quantitative estimate of drug-likeness (QED) is 0.617. The van der Waals surface area contributed by atoms with Crippen molar-refractivity contribution in [2.45, 2.75) is 11.1 Å². The summed E-state index contributed by atoms with van der Waals surface area (Å²) < 4.78 is 89.0. The molecular weight excluding hydrogens is 401 g/mol. The van der Waals surface area contributed by atoms with Crippen LogP contribution in [-0.4, -0.2) is 8.42 Å². The average molecular weight is 413 g/mol. The molecule has 0 amide bonds. The molecule has 0 spiro atoms. The van der Waals surface area contributed by atoms with Gasteiger partial charge in [-0.05, 0) is 46.5 Å². The minimum absolute atomic E-state index is 0.0888. The lowest BCUT2D eigenvalue weighted by Gasteiger charge is -2.14. The van der Waals surface area contributed by atoms with Gasteiger partial charge in [0.2, 0.25) is 10.0 Å². The third-order valence-electron chi connectivity index (χ3n) is 4.06. The Morgan fingerprint density at radius 2 is 1.21 bits per heavy atom. The monoisotopic (exact) mass is 413 g/mol. The van der Waals surface area contributed by atoms with Gasteiger partial charge in [0, 0.05) is 0 Å². The second-order valence-corrected chi connectivity index (χ2v) is 7.49. The molecule has 3 nitrogen and oxygen atoms in total. The van der Waals surface area contributed by atoms with Crippen molar-refractivity contribution < 1.29 is 30.4 Å². The van der Waals surface area contributed by atoms with E-state index in [-0.39, 0.29) is 16.0 Å². The molecule has 0 atom stereocenters. The Kier molecular flexibility index (Phi) is 4.99. The maximum atomic E-state index is 14.0. The molecule has 3 aromatic rings. The summed E-state index contributed by atoms with van der Waals surface area (Å²) in [4.78, 5) is -0.125. The first-order valence-electron chi connectivity index (χ1n) is 7.77. The SMILES string of the molecule is NS(=O)(=O)c1ccc(-c2ccccc2-c2cc(F)c(C(F)(F)F)c(F)c2)cc1. The van der Waals surface area contributed by atoms with Crippen molar-refractivity contribution >= 4 is 10.0 Å². The van der Waals surface area contributed by atoms with E-state index in [0.29, 0.717) is 23.3 Å². The second kappa shape index (κ2) is 6.99. The number of sulfonamides is 1. The third kappa shape index (κ3) is 3.90. The highest BCUT2D eigenvalue weighted by atomic mass is 32.2. The van der Waals surface area contributed by atoms with Crippen LogP contribution < -0.4 is 5.14 Å². The summed E-state index contributed by atoms with van der Waals surface area (Å²) in [6, 6.07) is 12.9. The highest BCUT2D eigenvalue weighted by molar-refractivity contribution is 7.89. The molecule has 0 unspecified atom stereocenters. The summed E-state index contributed by atoms with van der Waals surface area (Å²) in [7, 11) is -3.90. The molecule has 0 saturated heterocycles. The third-order valence-corrected chi connectivity index (χ3v) is 4.99. The van der Waals surface area contributed by atoms with Crippen LogP contribution in [0.4, 0.5) is 22.0 Å². The molecule has 28 heavy (non-hydrogen) atoms. The van der Waals surface area contributed by atoms with E-state index in [1.54, 1.807) is 18.2 Å². The van der Waals surface area contributed by atoms with Crippen molar-refractivity contribution in [3.05, 3.63) is 77.9 Å². The molecule has 0 fully saturated rings. The lowest BCUT2D eigenvalue weighted by molar-refractivity contribution is -0.142. The zero-order chi connectivity index (χ0) is 20.7. The average Bonchev–Trinajstić information content (AvgIpc) is 2.59. The van der Waals surface area contributed by atoms with Gasteiger partial charge in [-0.15, -0.1) is 0 Å². The number of nitrogens with two attached hydrogens (primary N) is 1. The lowest BCUT2D eigenvalue weighted by atomic mass is 9.94. The summed E-state index contributed by atoms with van der Waals surface area (Å²) in [6.45, 7) is 0. The molecule has 146 valence electrons. The zero-order valence-corrected chi connectivity index (χ0v) is 14.8. The van der Waals surface area contributed by atoms with Gasteiger partial charge in [-0.1, -0.05) is 36.4 Å². The van der Waals surface area contributed by atoms with Crippen LogP contribution in [0.15, 0.2) is 65.6 Å². The van der Waals surface area contributed by atoms with Crippen molar-refractivity contribution in [3.8, 4) is 22.3 Å². The van der Waals surface area contributed by atoms with Gasteiger partial charge in [0.1, 0.15) is 17.2 Å². The molecule has 0 aromatic heterocycles. The van der Waals surface area contributed by atoms with Crippen molar-refractivity contribution in [2.24, 2.45) is 5.14 Å². The molecule has 0 heterocycles. The molecule has 3 aromatic carbocycles. The van der Waals surface area contributed by atoms with Gasteiger partial charge in [0.25, 0.3) is 0 Å². The van der Waals surface area contributed by atoms with Crippen LogP contribution in [-0.2, 0) is 16.2 Å². The highest BCUT2D eigenvalue weighted by Gasteiger charge is 2.38. The van der Waals surface area contributed by atoms with Gasteiger partial charge >= 0.3 is 6.18 Å². The Labute approximate surface area is 157 Å². The molecular formula is C19H12F5NO2S. The molecule has 0 radical (unpaired) electrons. The Hall–Kier alpha value is -2.78. The summed E-state index contributed by atoms with van der Waals surface area (Å²) in [5.74, 6) is -3.44. The number of rotatable bonds is 3. The van der Waals surface area contributed by atoms with Crippen molar-refractivity contribution in [1.82, 2.24) is 0 Å². The van der Waals surface area contributed by atoms with Gasteiger partial charge in [-0.25, -0.2) is 22.3 Å². The number of alkyl halides is 3. The molecule has 0 saturated carbocycles.